The average Bonchev–Trinajstić information content (AvgIpc) is 3.10. The molecule has 0 saturated carbocycles. The second-order valence-corrected chi connectivity index (χ2v) is 8.66. The first-order valence-corrected chi connectivity index (χ1v) is 11.6. The Bertz CT molecular complexity index is 1340. The number of imide groups is 1. The number of hydrogen-bond acceptors (Lipinski definition) is 5. The number of benzene rings is 3. The Morgan fingerprint density at radius 1 is 1.03 bits per heavy atom. The molecule has 0 unspecified atom stereocenters. The molecule has 9 nitrogen and oxygen atoms in total. The summed E-state index contributed by atoms with van der Waals surface area (Å²) >= 11 is 0. The molecular formula is C27H28N4O5. The van der Waals surface area contributed by atoms with E-state index in [1.54, 1.807) is 44.2 Å². The molecule has 186 valence electrons. The first-order valence-electron chi connectivity index (χ1n) is 11.6. The van der Waals surface area contributed by atoms with Crippen LogP contribution < -0.4 is 15.4 Å². The minimum absolute atomic E-state index is 0.226. The molecule has 9 heteroatoms. The molecule has 1 atom stereocenters. The van der Waals surface area contributed by atoms with Gasteiger partial charge in [0.2, 0.25) is 11.8 Å². The molecule has 4 rings (SSSR count). The van der Waals surface area contributed by atoms with Crippen molar-refractivity contribution in [2.75, 3.05) is 32.1 Å². The Morgan fingerprint density at radius 3 is 2.44 bits per heavy atom. The lowest BCUT2D eigenvalue weighted by atomic mass is 9.90. The molecule has 0 bridgehead atoms. The van der Waals surface area contributed by atoms with Gasteiger partial charge >= 0.3 is 6.03 Å². The zero-order valence-electron chi connectivity index (χ0n) is 20.4. The highest BCUT2D eigenvalue weighted by molar-refractivity contribution is 6.09. The number of carbonyl (C=O) groups is 4. The van der Waals surface area contributed by atoms with Gasteiger partial charge < -0.3 is 20.3 Å². The number of urea groups is 1. The largest absolute Gasteiger partial charge is 0.495 e. The highest BCUT2D eigenvalue weighted by Crippen LogP contribution is 2.31. The van der Waals surface area contributed by atoms with E-state index in [9.17, 15) is 19.2 Å². The van der Waals surface area contributed by atoms with Gasteiger partial charge in [-0.15, -0.1) is 0 Å². The summed E-state index contributed by atoms with van der Waals surface area (Å²) in [5.74, 6) is -0.968. The summed E-state index contributed by atoms with van der Waals surface area (Å²) in [5.41, 5.74) is -0.202. The molecule has 36 heavy (non-hydrogen) atoms. The molecule has 1 heterocycles. The van der Waals surface area contributed by atoms with E-state index in [1.165, 1.54) is 12.0 Å². The third kappa shape index (κ3) is 4.72. The zero-order chi connectivity index (χ0) is 25.9. The van der Waals surface area contributed by atoms with Gasteiger partial charge in [0.15, 0.2) is 0 Å². The molecule has 1 saturated heterocycles. The van der Waals surface area contributed by atoms with Gasteiger partial charge in [0.25, 0.3) is 5.91 Å². The van der Waals surface area contributed by atoms with Crippen molar-refractivity contribution in [2.45, 2.75) is 19.4 Å². The van der Waals surface area contributed by atoms with Crippen molar-refractivity contribution in [1.29, 1.82) is 0 Å². The fourth-order valence-electron chi connectivity index (χ4n) is 4.26. The number of carbonyl (C=O) groups excluding carboxylic acids is 4. The summed E-state index contributed by atoms with van der Waals surface area (Å²) in [4.78, 5) is 53.9. The molecular weight excluding hydrogens is 460 g/mol. The van der Waals surface area contributed by atoms with Crippen LogP contribution >= 0.6 is 0 Å². The standard InChI is InChI=1S/C27H28N4O5/c1-4-30(16-23(32)28-21-11-7-8-12-22(21)36-3)24(33)17-31-25(34)27(2,29-26(31)35)20-14-13-18-9-5-6-10-19(18)15-20/h5-15H,4,16-17H2,1-3H3,(H,28,32)(H,29,35)/t27-/m0/s1. The van der Waals surface area contributed by atoms with Crippen LogP contribution in [0.4, 0.5) is 10.5 Å². The third-order valence-corrected chi connectivity index (χ3v) is 6.35. The molecule has 5 amide bonds. The maximum Gasteiger partial charge on any atom is 0.325 e. The third-order valence-electron chi connectivity index (χ3n) is 6.35. The Morgan fingerprint density at radius 2 is 1.72 bits per heavy atom. The minimum Gasteiger partial charge on any atom is -0.495 e. The van der Waals surface area contributed by atoms with Crippen molar-refractivity contribution in [2.24, 2.45) is 0 Å². The number of hydrogen-bond donors (Lipinski definition) is 2. The topological polar surface area (TPSA) is 108 Å². The fraction of sp³-hybridized carbons (Fsp3) is 0.259. The molecule has 0 aliphatic carbocycles. The number of methoxy groups -OCH3 is 1. The minimum atomic E-state index is -1.31. The highest BCUT2D eigenvalue weighted by atomic mass is 16.5. The first-order chi connectivity index (χ1) is 17.3. The lowest BCUT2D eigenvalue weighted by Crippen LogP contribution is -2.46. The second-order valence-electron chi connectivity index (χ2n) is 8.66. The number of anilines is 1. The van der Waals surface area contributed by atoms with Crippen LogP contribution in [-0.2, 0) is 19.9 Å². The van der Waals surface area contributed by atoms with Crippen LogP contribution in [-0.4, -0.2) is 60.3 Å². The van der Waals surface area contributed by atoms with Gasteiger partial charge in [0.05, 0.1) is 19.3 Å². The molecule has 1 aliphatic rings. The van der Waals surface area contributed by atoms with Crippen molar-refractivity contribution in [3.8, 4) is 5.75 Å². The fourth-order valence-corrected chi connectivity index (χ4v) is 4.26. The second kappa shape index (κ2) is 10.1. The summed E-state index contributed by atoms with van der Waals surface area (Å²) in [6.07, 6.45) is 0. The zero-order valence-corrected chi connectivity index (χ0v) is 20.4. The smallest absolute Gasteiger partial charge is 0.325 e. The van der Waals surface area contributed by atoms with E-state index in [0.29, 0.717) is 17.0 Å². The SMILES string of the molecule is CCN(CC(=O)Nc1ccccc1OC)C(=O)CN1C(=O)N[C@@](C)(c2ccc3ccccc3c2)C1=O. The molecule has 3 aromatic carbocycles. The van der Waals surface area contributed by atoms with Crippen molar-refractivity contribution >= 4 is 40.2 Å². The summed E-state index contributed by atoms with van der Waals surface area (Å²) in [6.45, 7) is 2.87. The maximum atomic E-state index is 13.3. The molecule has 0 aromatic heterocycles. The van der Waals surface area contributed by atoms with Crippen molar-refractivity contribution < 1.29 is 23.9 Å². The van der Waals surface area contributed by atoms with Gasteiger partial charge in [-0.3, -0.25) is 19.3 Å². The molecule has 0 spiro atoms. The monoisotopic (exact) mass is 488 g/mol. The lowest BCUT2D eigenvalue weighted by molar-refractivity contribution is -0.140. The average molecular weight is 489 g/mol. The van der Waals surface area contributed by atoms with Gasteiger partial charge in [-0.25, -0.2) is 4.79 Å². The van der Waals surface area contributed by atoms with Crippen LogP contribution in [0.5, 0.6) is 5.75 Å². The number of amides is 5. The summed E-state index contributed by atoms with van der Waals surface area (Å²) < 4.78 is 5.23. The van der Waals surface area contributed by atoms with E-state index >= 15 is 0 Å². The van der Waals surface area contributed by atoms with Gasteiger partial charge in [0, 0.05) is 6.54 Å². The normalized spacial score (nSPS) is 17.1. The van der Waals surface area contributed by atoms with Crippen LogP contribution in [0.2, 0.25) is 0 Å². The van der Waals surface area contributed by atoms with Crippen molar-refractivity contribution in [1.82, 2.24) is 15.1 Å². The van der Waals surface area contributed by atoms with Crippen molar-refractivity contribution in [3.63, 3.8) is 0 Å². The molecule has 1 aliphatic heterocycles. The van der Waals surface area contributed by atoms with E-state index in [4.69, 9.17) is 4.74 Å². The number of nitrogens with zero attached hydrogens (tertiary/aromatic N) is 2. The van der Waals surface area contributed by atoms with Gasteiger partial charge in [-0.1, -0.05) is 48.5 Å². The van der Waals surface area contributed by atoms with Crippen LogP contribution in [0, 0.1) is 0 Å². The van der Waals surface area contributed by atoms with E-state index in [-0.39, 0.29) is 13.1 Å². The van der Waals surface area contributed by atoms with Crippen molar-refractivity contribution in [3.05, 3.63) is 72.3 Å². The Balaban J connectivity index is 1.45. The highest BCUT2D eigenvalue weighted by Gasteiger charge is 2.49. The van der Waals surface area contributed by atoms with E-state index < -0.39 is 35.8 Å². The Hall–Kier alpha value is -4.40. The number of ether oxygens (including phenoxy) is 1. The van der Waals surface area contributed by atoms with Gasteiger partial charge in [-0.2, -0.15) is 0 Å². The first kappa shape index (κ1) is 24.7. The van der Waals surface area contributed by atoms with Crippen LogP contribution in [0.1, 0.15) is 19.4 Å². The number of para-hydroxylation sites is 2. The number of rotatable bonds is 8. The quantitative estimate of drug-likeness (QED) is 0.474. The molecule has 3 aromatic rings. The van der Waals surface area contributed by atoms with E-state index in [0.717, 1.165) is 15.7 Å². The Kier molecular flexibility index (Phi) is 6.91. The predicted octanol–water partition coefficient (Wildman–Crippen LogP) is 3.10. The summed E-state index contributed by atoms with van der Waals surface area (Å²) in [6, 6.07) is 19.5. The maximum absolute atomic E-state index is 13.3. The predicted molar refractivity (Wildman–Crippen MR) is 135 cm³/mol. The molecule has 0 radical (unpaired) electrons. The van der Waals surface area contributed by atoms with E-state index in [1.807, 2.05) is 36.4 Å². The van der Waals surface area contributed by atoms with Crippen LogP contribution in [0.15, 0.2) is 66.7 Å². The number of nitrogens with one attached hydrogen (secondary N) is 2. The number of likely N-dealkylation sites (N-methyl/N-ethyl adjacent to an activating group) is 1. The molecule has 2 N–H and O–H groups in total. The van der Waals surface area contributed by atoms with Crippen LogP contribution in [0.3, 0.4) is 0 Å². The van der Waals surface area contributed by atoms with Gasteiger partial charge in [0.1, 0.15) is 17.8 Å². The van der Waals surface area contributed by atoms with E-state index in [2.05, 4.69) is 10.6 Å². The summed E-state index contributed by atoms with van der Waals surface area (Å²) in [5, 5.41) is 7.41. The van der Waals surface area contributed by atoms with Gasteiger partial charge in [-0.05, 0) is 48.4 Å². The number of fused-ring (bicyclic) bond motifs is 1. The Labute approximate surface area is 209 Å². The lowest BCUT2D eigenvalue weighted by Gasteiger charge is -2.24. The van der Waals surface area contributed by atoms with Crippen LogP contribution in [0.25, 0.3) is 10.8 Å². The summed E-state index contributed by atoms with van der Waals surface area (Å²) in [7, 11) is 1.50. The molecule has 1 fully saturated rings.